The molecule has 0 aliphatic rings. The van der Waals surface area contributed by atoms with Gasteiger partial charge in [0.15, 0.2) is 0 Å². The third-order valence-corrected chi connectivity index (χ3v) is 2.99. The van der Waals surface area contributed by atoms with Gasteiger partial charge in [0.05, 0.1) is 10.7 Å². The Bertz CT molecular complexity index is 635. The zero-order valence-corrected chi connectivity index (χ0v) is 11.8. The minimum atomic E-state index is -0.465. The van der Waals surface area contributed by atoms with Crippen LogP contribution in [-0.2, 0) is 6.61 Å². The van der Waals surface area contributed by atoms with Crippen LogP contribution in [0, 0.1) is 0 Å². The molecular weight excluding hydrogens is 301 g/mol. The van der Waals surface area contributed by atoms with Gasteiger partial charge in [-0.2, -0.15) is 0 Å². The summed E-state index contributed by atoms with van der Waals surface area (Å²) >= 11 is 11.8. The lowest BCUT2D eigenvalue weighted by Gasteiger charge is -2.08. The van der Waals surface area contributed by atoms with Crippen molar-refractivity contribution in [1.82, 2.24) is 10.4 Å². The molecule has 1 heterocycles. The summed E-state index contributed by atoms with van der Waals surface area (Å²) in [6.45, 7) is 0.158. The first-order valence-electron chi connectivity index (χ1n) is 5.65. The van der Waals surface area contributed by atoms with E-state index < -0.39 is 5.91 Å². The Kier molecular flexibility index (Phi) is 4.79. The number of ether oxygens (including phenoxy) is 1. The number of rotatable bonds is 4. The number of nitrogen functional groups attached to an aromatic ring is 1. The van der Waals surface area contributed by atoms with E-state index in [4.69, 9.17) is 33.8 Å². The number of carbonyl (C=O) groups excluding carboxylic acids is 1. The van der Waals surface area contributed by atoms with Crippen molar-refractivity contribution in [3.63, 3.8) is 0 Å². The van der Waals surface area contributed by atoms with Crippen molar-refractivity contribution in [2.45, 2.75) is 6.61 Å². The van der Waals surface area contributed by atoms with Gasteiger partial charge in [-0.05, 0) is 24.3 Å². The summed E-state index contributed by atoms with van der Waals surface area (Å²) in [4.78, 5) is 15.5. The van der Waals surface area contributed by atoms with Crippen LogP contribution in [-0.4, -0.2) is 10.9 Å². The molecule has 0 atom stereocenters. The smallest absolute Gasteiger partial charge is 0.283 e. The molecule has 1 aromatic carbocycles. The van der Waals surface area contributed by atoms with E-state index in [1.165, 1.54) is 0 Å². The number of carbonyl (C=O) groups is 1. The molecule has 104 valence electrons. The lowest BCUT2D eigenvalue weighted by molar-refractivity contribution is 0.0948. The number of pyridine rings is 1. The third kappa shape index (κ3) is 3.60. The van der Waals surface area contributed by atoms with Gasteiger partial charge in [0.25, 0.3) is 5.91 Å². The van der Waals surface area contributed by atoms with Crippen LogP contribution in [0.25, 0.3) is 0 Å². The maximum Gasteiger partial charge on any atom is 0.283 e. The number of nitrogens with zero attached hydrogens (tertiary/aromatic N) is 1. The molecule has 1 amide bonds. The summed E-state index contributed by atoms with van der Waals surface area (Å²) < 4.78 is 5.53. The Morgan fingerprint density at radius 3 is 2.85 bits per heavy atom. The highest BCUT2D eigenvalue weighted by atomic mass is 35.5. The van der Waals surface area contributed by atoms with Crippen molar-refractivity contribution in [3.05, 3.63) is 57.8 Å². The lowest BCUT2D eigenvalue weighted by atomic mass is 10.3. The van der Waals surface area contributed by atoms with E-state index >= 15 is 0 Å². The monoisotopic (exact) mass is 311 g/mol. The third-order valence-electron chi connectivity index (χ3n) is 2.44. The van der Waals surface area contributed by atoms with Crippen molar-refractivity contribution < 1.29 is 9.53 Å². The Labute approximate surface area is 125 Å². The van der Waals surface area contributed by atoms with Crippen LogP contribution in [0.4, 0.5) is 0 Å². The number of hydrazine groups is 1. The summed E-state index contributed by atoms with van der Waals surface area (Å²) in [7, 11) is 0. The van der Waals surface area contributed by atoms with E-state index in [0.717, 1.165) is 0 Å². The number of hydrogen-bond acceptors (Lipinski definition) is 4. The molecule has 0 aliphatic heterocycles. The largest absolute Gasteiger partial charge is 0.486 e. The lowest BCUT2D eigenvalue weighted by Crippen LogP contribution is -2.30. The minimum absolute atomic E-state index is 0.158. The Morgan fingerprint density at radius 1 is 1.30 bits per heavy atom. The van der Waals surface area contributed by atoms with E-state index in [-0.39, 0.29) is 12.3 Å². The fourth-order valence-electron chi connectivity index (χ4n) is 1.50. The number of benzene rings is 1. The summed E-state index contributed by atoms with van der Waals surface area (Å²) in [5, 5.41) is 0.971. The Balaban J connectivity index is 2.11. The minimum Gasteiger partial charge on any atom is -0.486 e. The fourth-order valence-corrected chi connectivity index (χ4v) is 1.83. The van der Waals surface area contributed by atoms with Gasteiger partial charge in [-0.3, -0.25) is 10.2 Å². The summed E-state index contributed by atoms with van der Waals surface area (Å²) in [6.07, 6.45) is 0. The quantitative estimate of drug-likeness (QED) is 0.517. The molecule has 20 heavy (non-hydrogen) atoms. The summed E-state index contributed by atoms with van der Waals surface area (Å²) in [5.41, 5.74) is 2.80. The molecule has 2 aromatic rings. The second-order valence-electron chi connectivity index (χ2n) is 3.85. The first-order valence-corrected chi connectivity index (χ1v) is 6.40. The van der Waals surface area contributed by atoms with Gasteiger partial charge in [0.1, 0.15) is 18.1 Å². The van der Waals surface area contributed by atoms with Gasteiger partial charge in [-0.15, -0.1) is 0 Å². The van der Waals surface area contributed by atoms with E-state index in [1.807, 2.05) is 5.43 Å². The number of hydrogen-bond donors (Lipinski definition) is 2. The second-order valence-corrected chi connectivity index (χ2v) is 4.69. The first kappa shape index (κ1) is 14.6. The van der Waals surface area contributed by atoms with Crippen LogP contribution in [0.2, 0.25) is 10.0 Å². The molecule has 0 saturated heterocycles. The average Bonchev–Trinajstić information content (AvgIpc) is 2.47. The van der Waals surface area contributed by atoms with Crippen LogP contribution >= 0.6 is 23.2 Å². The predicted octanol–water partition coefficient (Wildman–Crippen LogP) is 2.57. The van der Waals surface area contributed by atoms with Crippen molar-refractivity contribution in [2.75, 3.05) is 0 Å². The average molecular weight is 312 g/mol. The van der Waals surface area contributed by atoms with Gasteiger partial charge in [0.2, 0.25) is 0 Å². The highest BCUT2D eigenvalue weighted by Gasteiger charge is 2.07. The SMILES string of the molecule is NNC(=O)c1cccc(COc2cc(Cl)ccc2Cl)n1. The molecule has 7 heteroatoms. The fraction of sp³-hybridized carbons (Fsp3) is 0.0769. The molecular formula is C13H11Cl2N3O2. The van der Waals surface area contributed by atoms with E-state index in [1.54, 1.807) is 36.4 Å². The number of nitrogens with two attached hydrogens (primary N) is 1. The van der Waals surface area contributed by atoms with Crippen LogP contribution in [0.5, 0.6) is 5.75 Å². The molecule has 0 fully saturated rings. The predicted molar refractivity (Wildman–Crippen MR) is 76.7 cm³/mol. The van der Waals surface area contributed by atoms with Crippen LogP contribution in [0.1, 0.15) is 16.2 Å². The summed E-state index contributed by atoms with van der Waals surface area (Å²) in [6, 6.07) is 9.89. The van der Waals surface area contributed by atoms with Gasteiger partial charge in [0, 0.05) is 11.1 Å². The number of amides is 1. The standard InChI is InChI=1S/C13H11Cl2N3O2/c14-8-4-5-10(15)12(6-8)20-7-9-2-1-3-11(17-9)13(19)18-16/h1-6H,7,16H2,(H,18,19). The second kappa shape index (κ2) is 6.56. The topological polar surface area (TPSA) is 77.2 Å². The maximum atomic E-state index is 11.4. The molecule has 5 nitrogen and oxygen atoms in total. The van der Waals surface area contributed by atoms with E-state index in [2.05, 4.69) is 4.98 Å². The van der Waals surface area contributed by atoms with Gasteiger partial charge >= 0.3 is 0 Å². The normalized spacial score (nSPS) is 10.2. The molecule has 0 unspecified atom stereocenters. The van der Waals surface area contributed by atoms with Crippen molar-refractivity contribution in [1.29, 1.82) is 0 Å². The maximum absolute atomic E-state index is 11.4. The molecule has 0 spiro atoms. The molecule has 0 radical (unpaired) electrons. The Hall–Kier alpha value is -1.82. The van der Waals surface area contributed by atoms with Crippen LogP contribution in [0.15, 0.2) is 36.4 Å². The van der Waals surface area contributed by atoms with E-state index in [9.17, 15) is 4.79 Å². The zero-order valence-electron chi connectivity index (χ0n) is 10.3. The number of aromatic nitrogens is 1. The highest BCUT2D eigenvalue weighted by molar-refractivity contribution is 6.34. The van der Waals surface area contributed by atoms with Crippen LogP contribution in [0.3, 0.4) is 0 Å². The molecule has 2 rings (SSSR count). The summed E-state index contributed by atoms with van der Waals surface area (Å²) in [5.74, 6) is 5.04. The van der Waals surface area contributed by atoms with Crippen molar-refractivity contribution in [3.8, 4) is 5.75 Å². The zero-order chi connectivity index (χ0) is 14.5. The molecule has 0 saturated carbocycles. The Morgan fingerprint density at radius 2 is 2.10 bits per heavy atom. The number of nitrogens with one attached hydrogen (secondary N) is 1. The number of halogens is 2. The van der Waals surface area contributed by atoms with Crippen LogP contribution < -0.4 is 16.0 Å². The molecule has 0 aliphatic carbocycles. The molecule has 1 aromatic heterocycles. The van der Waals surface area contributed by atoms with Gasteiger partial charge in [-0.1, -0.05) is 29.3 Å². The molecule has 3 N–H and O–H groups in total. The highest BCUT2D eigenvalue weighted by Crippen LogP contribution is 2.28. The van der Waals surface area contributed by atoms with Crippen molar-refractivity contribution in [2.24, 2.45) is 5.84 Å². The molecule has 0 bridgehead atoms. The van der Waals surface area contributed by atoms with Gasteiger partial charge in [-0.25, -0.2) is 10.8 Å². The van der Waals surface area contributed by atoms with Crippen molar-refractivity contribution >= 4 is 29.1 Å². The van der Waals surface area contributed by atoms with E-state index in [0.29, 0.717) is 21.5 Å². The first-order chi connectivity index (χ1) is 9.60. The van der Waals surface area contributed by atoms with Gasteiger partial charge < -0.3 is 4.74 Å².